The van der Waals surface area contributed by atoms with E-state index >= 15 is 0 Å². The number of aromatic nitrogens is 2. The second-order valence-corrected chi connectivity index (χ2v) is 3.38. The maximum atomic E-state index is 13.5. The van der Waals surface area contributed by atoms with Crippen LogP contribution in [0.3, 0.4) is 0 Å². The topological polar surface area (TPSA) is 51.8 Å². The van der Waals surface area contributed by atoms with Crippen LogP contribution in [0.4, 0.5) is 4.39 Å². The summed E-state index contributed by atoms with van der Waals surface area (Å²) in [5.74, 6) is 0.364. The van der Waals surface area contributed by atoms with Crippen LogP contribution in [-0.2, 0) is 6.42 Å². The Bertz CT molecular complexity index is 485. The standard InChI is InChI=1S/C12H12FN3/c13-10-4-2-1-3-9(10)11-6-8-15-12(16-11)5-7-14/h1-4,6,8H,5,7,14H2. The van der Waals surface area contributed by atoms with Gasteiger partial charge >= 0.3 is 0 Å². The lowest BCUT2D eigenvalue weighted by Crippen LogP contribution is -2.06. The third-order valence-electron chi connectivity index (χ3n) is 2.22. The highest BCUT2D eigenvalue weighted by molar-refractivity contribution is 5.59. The molecule has 1 aromatic heterocycles. The number of hydrogen-bond acceptors (Lipinski definition) is 3. The van der Waals surface area contributed by atoms with Crippen molar-refractivity contribution >= 4 is 0 Å². The highest BCUT2D eigenvalue weighted by atomic mass is 19.1. The molecule has 0 unspecified atom stereocenters. The van der Waals surface area contributed by atoms with Gasteiger partial charge in [-0.05, 0) is 24.7 Å². The molecule has 0 radical (unpaired) electrons. The summed E-state index contributed by atoms with van der Waals surface area (Å²) in [5, 5.41) is 0. The summed E-state index contributed by atoms with van der Waals surface area (Å²) in [6, 6.07) is 8.24. The molecule has 0 spiro atoms. The van der Waals surface area contributed by atoms with Crippen LogP contribution in [-0.4, -0.2) is 16.5 Å². The lowest BCUT2D eigenvalue weighted by Gasteiger charge is -2.03. The molecule has 0 amide bonds. The van der Waals surface area contributed by atoms with E-state index < -0.39 is 0 Å². The van der Waals surface area contributed by atoms with Crippen molar-refractivity contribution in [2.75, 3.05) is 6.54 Å². The third-order valence-corrected chi connectivity index (χ3v) is 2.22. The Labute approximate surface area is 93.2 Å². The summed E-state index contributed by atoms with van der Waals surface area (Å²) in [7, 11) is 0. The number of rotatable bonds is 3. The molecule has 0 fully saturated rings. The average Bonchev–Trinajstić information content (AvgIpc) is 2.30. The van der Waals surface area contributed by atoms with Crippen LogP contribution in [0.15, 0.2) is 36.5 Å². The van der Waals surface area contributed by atoms with Gasteiger partial charge in [0, 0.05) is 18.2 Å². The van der Waals surface area contributed by atoms with E-state index in [2.05, 4.69) is 9.97 Å². The molecule has 2 rings (SSSR count). The smallest absolute Gasteiger partial charge is 0.132 e. The minimum Gasteiger partial charge on any atom is -0.330 e. The molecule has 1 heterocycles. The summed E-state index contributed by atoms with van der Waals surface area (Å²) in [6.07, 6.45) is 2.22. The first kappa shape index (κ1) is 10.7. The average molecular weight is 217 g/mol. The summed E-state index contributed by atoms with van der Waals surface area (Å²) in [4.78, 5) is 8.33. The molecule has 0 saturated heterocycles. The summed E-state index contributed by atoms with van der Waals surface area (Å²) in [6.45, 7) is 0.487. The molecule has 0 saturated carbocycles. The molecule has 2 N–H and O–H groups in total. The molecule has 0 bridgehead atoms. The van der Waals surface area contributed by atoms with Crippen LogP contribution >= 0.6 is 0 Å². The van der Waals surface area contributed by atoms with Crippen LogP contribution in [0.1, 0.15) is 5.82 Å². The molecular formula is C12H12FN3. The first-order valence-electron chi connectivity index (χ1n) is 5.08. The fourth-order valence-corrected chi connectivity index (χ4v) is 1.47. The quantitative estimate of drug-likeness (QED) is 0.852. The van der Waals surface area contributed by atoms with Crippen molar-refractivity contribution in [2.24, 2.45) is 5.73 Å². The molecule has 1 aromatic carbocycles. The van der Waals surface area contributed by atoms with Crippen LogP contribution in [0.2, 0.25) is 0 Å². The van der Waals surface area contributed by atoms with Gasteiger partial charge in [0.25, 0.3) is 0 Å². The van der Waals surface area contributed by atoms with Crippen molar-refractivity contribution in [1.82, 2.24) is 9.97 Å². The normalized spacial score (nSPS) is 10.4. The second kappa shape index (κ2) is 4.81. The van der Waals surface area contributed by atoms with E-state index in [4.69, 9.17) is 5.73 Å². The number of nitrogens with two attached hydrogens (primary N) is 1. The Kier molecular flexibility index (Phi) is 3.22. The molecule has 16 heavy (non-hydrogen) atoms. The van der Waals surface area contributed by atoms with Crippen molar-refractivity contribution in [1.29, 1.82) is 0 Å². The Morgan fingerprint density at radius 1 is 1.19 bits per heavy atom. The van der Waals surface area contributed by atoms with Gasteiger partial charge in [0.05, 0.1) is 5.69 Å². The van der Waals surface area contributed by atoms with Gasteiger partial charge in [0.1, 0.15) is 11.6 Å². The maximum absolute atomic E-state index is 13.5. The number of benzene rings is 1. The zero-order chi connectivity index (χ0) is 11.4. The van der Waals surface area contributed by atoms with Crippen LogP contribution < -0.4 is 5.73 Å². The van der Waals surface area contributed by atoms with E-state index in [-0.39, 0.29) is 5.82 Å². The molecule has 2 aromatic rings. The van der Waals surface area contributed by atoms with Gasteiger partial charge in [-0.25, -0.2) is 14.4 Å². The minimum atomic E-state index is -0.278. The van der Waals surface area contributed by atoms with Crippen molar-refractivity contribution in [3.05, 3.63) is 48.2 Å². The summed E-state index contributed by atoms with van der Waals surface area (Å²) < 4.78 is 13.5. The molecule has 3 nitrogen and oxygen atoms in total. The van der Waals surface area contributed by atoms with Gasteiger partial charge in [-0.3, -0.25) is 0 Å². The fourth-order valence-electron chi connectivity index (χ4n) is 1.47. The van der Waals surface area contributed by atoms with E-state index in [1.54, 1.807) is 30.5 Å². The molecule has 0 aliphatic carbocycles. The monoisotopic (exact) mass is 217 g/mol. The molecule has 82 valence electrons. The van der Waals surface area contributed by atoms with E-state index in [1.165, 1.54) is 6.07 Å². The SMILES string of the molecule is NCCc1nccc(-c2ccccc2F)n1. The Balaban J connectivity index is 2.40. The number of nitrogens with zero attached hydrogens (tertiary/aromatic N) is 2. The molecule has 4 heteroatoms. The Morgan fingerprint density at radius 3 is 2.75 bits per heavy atom. The van der Waals surface area contributed by atoms with Gasteiger partial charge in [-0.15, -0.1) is 0 Å². The van der Waals surface area contributed by atoms with E-state index in [0.29, 0.717) is 30.0 Å². The van der Waals surface area contributed by atoms with Gasteiger partial charge < -0.3 is 5.73 Å². The first-order valence-corrected chi connectivity index (χ1v) is 5.08. The lowest BCUT2D eigenvalue weighted by atomic mass is 10.1. The van der Waals surface area contributed by atoms with Gasteiger partial charge in [0.15, 0.2) is 0 Å². The second-order valence-electron chi connectivity index (χ2n) is 3.38. The van der Waals surface area contributed by atoms with Crippen LogP contribution in [0.25, 0.3) is 11.3 Å². The molecule has 0 aliphatic heterocycles. The van der Waals surface area contributed by atoms with Crippen molar-refractivity contribution in [3.63, 3.8) is 0 Å². The molecule has 0 atom stereocenters. The summed E-state index contributed by atoms with van der Waals surface area (Å²) >= 11 is 0. The van der Waals surface area contributed by atoms with Crippen molar-refractivity contribution in [2.45, 2.75) is 6.42 Å². The maximum Gasteiger partial charge on any atom is 0.132 e. The summed E-state index contributed by atoms with van der Waals surface area (Å²) in [5.41, 5.74) is 6.51. The van der Waals surface area contributed by atoms with Gasteiger partial charge in [-0.2, -0.15) is 0 Å². The predicted octanol–water partition coefficient (Wildman–Crippen LogP) is 1.78. The van der Waals surface area contributed by atoms with Crippen LogP contribution in [0, 0.1) is 5.82 Å². The van der Waals surface area contributed by atoms with E-state index in [1.807, 2.05) is 0 Å². The Morgan fingerprint density at radius 2 is 2.00 bits per heavy atom. The predicted molar refractivity (Wildman–Crippen MR) is 60.2 cm³/mol. The van der Waals surface area contributed by atoms with Gasteiger partial charge in [-0.1, -0.05) is 12.1 Å². The highest BCUT2D eigenvalue weighted by Gasteiger charge is 2.06. The van der Waals surface area contributed by atoms with Crippen LogP contribution in [0.5, 0.6) is 0 Å². The van der Waals surface area contributed by atoms with Crippen molar-refractivity contribution < 1.29 is 4.39 Å². The zero-order valence-corrected chi connectivity index (χ0v) is 8.73. The van der Waals surface area contributed by atoms with E-state index in [0.717, 1.165) is 0 Å². The first-order chi connectivity index (χ1) is 7.81. The number of hydrogen-bond donors (Lipinski definition) is 1. The fraction of sp³-hybridized carbons (Fsp3) is 0.167. The Hall–Kier alpha value is -1.81. The number of halogens is 1. The lowest BCUT2D eigenvalue weighted by molar-refractivity contribution is 0.630. The zero-order valence-electron chi connectivity index (χ0n) is 8.73. The largest absolute Gasteiger partial charge is 0.330 e. The highest BCUT2D eigenvalue weighted by Crippen LogP contribution is 2.19. The molecule has 0 aliphatic rings. The van der Waals surface area contributed by atoms with Gasteiger partial charge in [0.2, 0.25) is 0 Å². The van der Waals surface area contributed by atoms with E-state index in [9.17, 15) is 4.39 Å². The minimum absolute atomic E-state index is 0.278. The molecular weight excluding hydrogens is 205 g/mol. The van der Waals surface area contributed by atoms with Crippen molar-refractivity contribution in [3.8, 4) is 11.3 Å². The third kappa shape index (κ3) is 2.23.